The van der Waals surface area contributed by atoms with E-state index in [0.29, 0.717) is 6.54 Å². The van der Waals surface area contributed by atoms with Crippen LogP contribution in [0.5, 0.6) is 5.75 Å². The van der Waals surface area contributed by atoms with Crippen molar-refractivity contribution in [3.63, 3.8) is 0 Å². The van der Waals surface area contributed by atoms with Crippen LogP contribution in [-0.2, 0) is 19.6 Å². The summed E-state index contributed by atoms with van der Waals surface area (Å²) in [7, 11) is 0. The lowest BCUT2D eigenvalue weighted by Crippen LogP contribution is -2.25. The Kier molecular flexibility index (Phi) is 3.95. The maximum Gasteiger partial charge on any atom is 0.123 e. The van der Waals surface area contributed by atoms with Crippen LogP contribution in [0.3, 0.4) is 0 Å². The number of para-hydroxylation sites is 1. The van der Waals surface area contributed by atoms with Crippen molar-refractivity contribution in [2.75, 3.05) is 13.2 Å². The van der Waals surface area contributed by atoms with Gasteiger partial charge in [-0.1, -0.05) is 18.2 Å². The van der Waals surface area contributed by atoms with E-state index in [1.807, 2.05) is 18.3 Å². The predicted molar refractivity (Wildman–Crippen MR) is 78.2 cm³/mol. The van der Waals surface area contributed by atoms with E-state index in [-0.39, 0.29) is 0 Å². The third-order valence-electron chi connectivity index (χ3n) is 3.53. The summed E-state index contributed by atoms with van der Waals surface area (Å²) in [6.07, 6.45) is 1.83. The van der Waals surface area contributed by atoms with Crippen LogP contribution in [0.4, 0.5) is 0 Å². The molecule has 104 valence electrons. The number of fused-ring (bicyclic) bond motifs is 1. The zero-order valence-corrected chi connectivity index (χ0v) is 11.5. The number of nitrogens with zero attached hydrogens (tertiary/aromatic N) is 2. The second kappa shape index (κ2) is 6.03. The molecule has 2 N–H and O–H groups in total. The molecule has 3 rings (SSSR count). The molecular weight excluding hydrogens is 250 g/mol. The van der Waals surface area contributed by atoms with Crippen LogP contribution < -0.4 is 10.5 Å². The summed E-state index contributed by atoms with van der Waals surface area (Å²) in [5.41, 5.74) is 9.08. The summed E-state index contributed by atoms with van der Waals surface area (Å²) < 4.78 is 5.79. The number of nitrogens with two attached hydrogens (primary N) is 1. The average Bonchev–Trinajstić information content (AvgIpc) is 2.69. The SMILES string of the molecule is NCc1cc(CN2CCOc3ccccc3C2)ccn1. The van der Waals surface area contributed by atoms with Crippen molar-refractivity contribution in [3.8, 4) is 5.75 Å². The summed E-state index contributed by atoms with van der Waals surface area (Å²) in [6, 6.07) is 12.4. The van der Waals surface area contributed by atoms with Gasteiger partial charge in [-0.15, -0.1) is 0 Å². The van der Waals surface area contributed by atoms with Crippen molar-refractivity contribution in [2.45, 2.75) is 19.6 Å². The fourth-order valence-corrected chi connectivity index (χ4v) is 2.51. The summed E-state index contributed by atoms with van der Waals surface area (Å²) in [5, 5.41) is 0. The molecule has 0 aliphatic carbocycles. The number of ether oxygens (including phenoxy) is 1. The van der Waals surface area contributed by atoms with Crippen molar-refractivity contribution in [2.24, 2.45) is 5.73 Å². The number of pyridine rings is 1. The molecule has 1 aromatic carbocycles. The Morgan fingerprint density at radius 1 is 1.25 bits per heavy atom. The smallest absolute Gasteiger partial charge is 0.123 e. The Hall–Kier alpha value is -1.91. The summed E-state index contributed by atoms with van der Waals surface area (Å²) in [6.45, 7) is 3.95. The van der Waals surface area contributed by atoms with E-state index < -0.39 is 0 Å². The molecule has 0 fully saturated rings. The first-order valence-electron chi connectivity index (χ1n) is 6.92. The highest BCUT2D eigenvalue weighted by atomic mass is 16.5. The standard InChI is InChI=1S/C16H19N3O/c17-10-15-9-13(5-6-18-15)11-19-7-8-20-16-4-2-1-3-14(16)12-19/h1-6,9H,7-8,10-12,17H2. The largest absolute Gasteiger partial charge is 0.492 e. The third kappa shape index (κ3) is 2.98. The maximum atomic E-state index is 5.79. The molecule has 0 saturated carbocycles. The Morgan fingerprint density at radius 3 is 3.05 bits per heavy atom. The molecule has 0 atom stereocenters. The molecule has 4 nitrogen and oxygen atoms in total. The highest BCUT2D eigenvalue weighted by Gasteiger charge is 2.15. The van der Waals surface area contributed by atoms with Gasteiger partial charge in [0.1, 0.15) is 12.4 Å². The summed E-state index contributed by atoms with van der Waals surface area (Å²) in [4.78, 5) is 6.63. The van der Waals surface area contributed by atoms with Crippen molar-refractivity contribution in [1.82, 2.24) is 9.88 Å². The van der Waals surface area contributed by atoms with E-state index in [1.165, 1.54) is 11.1 Å². The van der Waals surface area contributed by atoms with Gasteiger partial charge in [-0.2, -0.15) is 0 Å². The lowest BCUT2D eigenvalue weighted by Gasteiger charge is -2.19. The van der Waals surface area contributed by atoms with Gasteiger partial charge in [0.25, 0.3) is 0 Å². The van der Waals surface area contributed by atoms with Crippen LogP contribution in [0.15, 0.2) is 42.6 Å². The van der Waals surface area contributed by atoms with Gasteiger partial charge in [0.05, 0.1) is 5.69 Å². The quantitative estimate of drug-likeness (QED) is 0.925. The molecular formula is C16H19N3O. The molecule has 0 radical (unpaired) electrons. The first-order valence-corrected chi connectivity index (χ1v) is 6.92. The zero-order chi connectivity index (χ0) is 13.8. The van der Waals surface area contributed by atoms with E-state index in [9.17, 15) is 0 Å². The number of benzene rings is 1. The second-order valence-corrected chi connectivity index (χ2v) is 5.03. The highest BCUT2D eigenvalue weighted by Crippen LogP contribution is 2.23. The minimum absolute atomic E-state index is 0.486. The first kappa shape index (κ1) is 13.1. The summed E-state index contributed by atoms with van der Waals surface area (Å²) in [5.74, 6) is 1.01. The van der Waals surface area contributed by atoms with Crippen LogP contribution in [0.1, 0.15) is 16.8 Å². The number of hydrogen-bond acceptors (Lipinski definition) is 4. The molecule has 1 aliphatic heterocycles. The van der Waals surface area contributed by atoms with E-state index >= 15 is 0 Å². The van der Waals surface area contributed by atoms with Gasteiger partial charge in [-0.05, 0) is 23.8 Å². The average molecular weight is 269 g/mol. The molecule has 0 saturated heterocycles. The summed E-state index contributed by atoms with van der Waals surface area (Å²) >= 11 is 0. The highest BCUT2D eigenvalue weighted by molar-refractivity contribution is 5.33. The van der Waals surface area contributed by atoms with Crippen LogP contribution in [-0.4, -0.2) is 23.0 Å². The van der Waals surface area contributed by atoms with Crippen LogP contribution >= 0.6 is 0 Å². The molecule has 0 unspecified atom stereocenters. The molecule has 2 heterocycles. The predicted octanol–water partition coefficient (Wildman–Crippen LogP) is 1.93. The minimum Gasteiger partial charge on any atom is -0.492 e. The molecule has 1 aliphatic rings. The maximum absolute atomic E-state index is 5.79. The molecule has 0 amide bonds. The van der Waals surface area contributed by atoms with Crippen LogP contribution in [0, 0.1) is 0 Å². The Balaban J connectivity index is 1.74. The van der Waals surface area contributed by atoms with E-state index in [1.54, 1.807) is 0 Å². The van der Waals surface area contributed by atoms with E-state index in [0.717, 1.165) is 37.7 Å². The van der Waals surface area contributed by atoms with Gasteiger partial charge >= 0.3 is 0 Å². The lowest BCUT2D eigenvalue weighted by molar-refractivity contribution is 0.219. The minimum atomic E-state index is 0.486. The third-order valence-corrected chi connectivity index (χ3v) is 3.53. The van der Waals surface area contributed by atoms with Crippen LogP contribution in [0.2, 0.25) is 0 Å². The van der Waals surface area contributed by atoms with Gasteiger partial charge < -0.3 is 10.5 Å². The Morgan fingerprint density at radius 2 is 2.15 bits per heavy atom. The zero-order valence-electron chi connectivity index (χ0n) is 11.5. The molecule has 1 aromatic heterocycles. The Bertz CT molecular complexity index is 585. The fraction of sp³-hybridized carbons (Fsp3) is 0.312. The number of rotatable bonds is 3. The van der Waals surface area contributed by atoms with Crippen LogP contribution in [0.25, 0.3) is 0 Å². The fourth-order valence-electron chi connectivity index (χ4n) is 2.51. The topological polar surface area (TPSA) is 51.4 Å². The Labute approximate surface area is 119 Å². The van der Waals surface area contributed by atoms with Gasteiger partial charge in [0, 0.05) is 37.9 Å². The van der Waals surface area contributed by atoms with Crippen molar-refractivity contribution >= 4 is 0 Å². The van der Waals surface area contributed by atoms with Crippen molar-refractivity contribution in [3.05, 3.63) is 59.4 Å². The number of hydrogen-bond donors (Lipinski definition) is 1. The van der Waals surface area contributed by atoms with E-state index in [4.69, 9.17) is 10.5 Å². The first-order chi connectivity index (χ1) is 9.85. The van der Waals surface area contributed by atoms with Gasteiger partial charge in [0.2, 0.25) is 0 Å². The second-order valence-electron chi connectivity index (χ2n) is 5.03. The molecule has 0 spiro atoms. The lowest BCUT2D eigenvalue weighted by atomic mass is 10.1. The van der Waals surface area contributed by atoms with Crippen molar-refractivity contribution < 1.29 is 4.74 Å². The van der Waals surface area contributed by atoms with Crippen molar-refractivity contribution in [1.29, 1.82) is 0 Å². The molecule has 0 bridgehead atoms. The molecule has 4 heteroatoms. The van der Waals surface area contributed by atoms with Gasteiger partial charge in [-0.25, -0.2) is 0 Å². The monoisotopic (exact) mass is 269 g/mol. The van der Waals surface area contributed by atoms with Gasteiger partial charge in [-0.3, -0.25) is 9.88 Å². The molecule has 20 heavy (non-hydrogen) atoms. The number of aromatic nitrogens is 1. The molecule has 2 aromatic rings. The van der Waals surface area contributed by atoms with Gasteiger partial charge in [0.15, 0.2) is 0 Å². The normalized spacial score (nSPS) is 15.2. The van der Waals surface area contributed by atoms with E-state index in [2.05, 4.69) is 34.1 Å².